The SMILES string of the molecule is CC(C)[C@H](NC(N)=O)C(=O)NCC1(c2ccccc2)CC1. The van der Waals surface area contributed by atoms with Crippen LogP contribution in [0.3, 0.4) is 0 Å². The zero-order valence-electron chi connectivity index (χ0n) is 12.6. The predicted octanol–water partition coefficient (Wildman–Crippen LogP) is 1.53. The van der Waals surface area contributed by atoms with Crippen molar-refractivity contribution in [1.29, 1.82) is 0 Å². The van der Waals surface area contributed by atoms with Gasteiger partial charge in [0.1, 0.15) is 6.04 Å². The summed E-state index contributed by atoms with van der Waals surface area (Å²) < 4.78 is 0. The number of rotatable bonds is 6. The smallest absolute Gasteiger partial charge is 0.312 e. The van der Waals surface area contributed by atoms with E-state index >= 15 is 0 Å². The van der Waals surface area contributed by atoms with Crippen molar-refractivity contribution in [3.8, 4) is 0 Å². The van der Waals surface area contributed by atoms with Crippen LogP contribution in [0.4, 0.5) is 4.79 Å². The number of nitrogens with one attached hydrogen (secondary N) is 2. The monoisotopic (exact) mass is 289 g/mol. The largest absolute Gasteiger partial charge is 0.353 e. The van der Waals surface area contributed by atoms with Crippen LogP contribution in [0, 0.1) is 5.92 Å². The summed E-state index contributed by atoms with van der Waals surface area (Å²) in [5, 5.41) is 5.46. The van der Waals surface area contributed by atoms with E-state index in [0.29, 0.717) is 6.54 Å². The van der Waals surface area contributed by atoms with Crippen molar-refractivity contribution in [1.82, 2.24) is 10.6 Å². The molecule has 1 aliphatic rings. The third kappa shape index (κ3) is 3.74. The lowest BCUT2D eigenvalue weighted by atomic mass is 9.95. The minimum atomic E-state index is -0.673. The number of primary amides is 1. The minimum Gasteiger partial charge on any atom is -0.353 e. The molecule has 2 rings (SSSR count). The molecule has 0 unspecified atom stereocenters. The highest BCUT2D eigenvalue weighted by Crippen LogP contribution is 2.47. The van der Waals surface area contributed by atoms with E-state index in [1.165, 1.54) is 5.56 Å². The van der Waals surface area contributed by atoms with E-state index in [0.717, 1.165) is 12.8 Å². The highest BCUT2D eigenvalue weighted by molar-refractivity contribution is 5.86. The van der Waals surface area contributed by atoms with Gasteiger partial charge in [0.25, 0.3) is 0 Å². The van der Waals surface area contributed by atoms with Crippen LogP contribution in [0.2, 0.25) is 0 Å². The van der Waals surface area contributed by atoms with Crippen molar-refractivity contribution in [2.45, 2.75) is 38.1 Å². The number of hydrogen-bond donors (Lipinski definition) is 3. The normalized spacial score (nSPS) is 17.1. The van der Waals surface area contributed by atoms with E-state index in [9.17, 15) is 9.59 Å². The molecule has 21 heavy (non-hydrogen) atoms. The van der Waals surface area contributed by atoms with Gasteiger partial charge < -0.3 is 16.4 Å². The Kier molecular flexibility index (Phi) is 4.50. The molecule has 0 aromatic heterocycles. The van der Waals surface area contributed by atoms with Crippen molar-refractivity contribution in [3.05, 3.63) is 35.9 Å². The molecule has 1 aromatic rings. The second kappa shape index (κ2) is 6.16. The van der Waals surface area contributed by atoms with E-state index < -0.39 is 12.1 Å². The second-order valence-electron chi connectivity index (χ2n) is 6.09. The Labute approximate surface area is 125 Å². The fourth-order valence-electron chi connectivity index (χ4n) is 2.56. The number of urea groups is 1. The van der Waals surface area contributed by atoms with Crippen molar-refractivity contribution in [2.75, 3.05) is 6.54 Å². The molecule has 1 aromatic carbocycles. The third-order valence-electron chi connectivity index (χ3n) is 4.09. The molecule has 1 aliphatic carbocycles. The molecule has 1 saturated carbocycles. The Morgan fingerprint density at radius 3 is 2.33 bits per heavy atom. The van der Waals surface area contributed by atoms with Crippen LogP contribution in [-0.2, 0) is 10.2 Å². The topological polar surface area (TPSA) is 84.2 Å². The summed E-state index contributed by atoms with van der Waals surface area (Å²) >= 11 is 0. The number of nitrogens with two attached hydrogens (primary N) is 1. The minimum absolute atomic E-state index is 0.00983. The first-order chi connectivity index (χ1) is 9.94. The van der Waals surface area contributed by atoms with Crippen LogP contribution in [0.1, 0.15) is 32.3 Å². The molecule has 0 spiro atoms. The summed E-state index contributed by atoms with van der Waals surface area (Å²) in [6.07, 6.45) is 2.15. The molecule has 0 bridgehead atoms. The lowest BCUT2D eigenvalue weighted by Gasteiger charge is -2.23. The molecule has 0 saturated heterocycles. The summed E-state index contributed by atoms with van der Waals surface area (Å²) in [6, 6.07) is 8.96. The molecule has 5 nitrogen and oxygen atoms in total. The van der Waals surface area contributed by atoms with Crippen molar-refractivity contribution < 1.29 is 9.59 Å². The van der Waals surface area contributed by atoms with Gasteiger partial charge in [-0.05, 0) is 24.3 Å². The first kappa shape index (κ1) is 15.4. The molecular formula is C16H23N3O2. The number of carbonyl (C=O) groups excluding carboxylic acids is 2. The summed E-state index contributed by atoms with van der Waals surface area (Å²) in [5.41, 5.74) is 6.44. The number of benzene rings is 1. The maximum Gasteiger partial charge on any atom is 0.312 e. The standard InChI is InChI=1S/C16H23N3O2/c1-11(2)13(19-15(17)21)14(20)18-10-16(8-9-16)12-6-4-3-5-7-12/h3-7,11,13H,8-10H2,1-2H3,(H,18,20)(H3,17,19,21)/t13-/m0/s1. The average Bonchev–Trinajstić information content (AvgIpc) is 3.24. The zero-order chi connectivity index (χ0) is 15.5. The van der Waals surface area contributed by atoms with Gasteiger partial charge >= 0.3 is 6.03 Å². The summed E-state index contributed by atoms with van der Waals surface area (Å²) in [4.78, 5) is 23.2. The Bertz CT molecular complexity index is 510. The van der Waals surface area contributed by atoms with Crippen LogP contribution in [0.15, 0.2) is 30.3 Å². The third-order valence-corrected chi connectivity index (χ3v) is 4.09. The van der Waals surface area contributed by atoms with E-state index in [4.69, 9.17) is 5.73 Å². The van der Waals surface area contributed by atoms with Gasteiger partial charge in [-0.15, -0.1) is 0 Å². The van der Waals surface area contributed by atoms with Crippen LogP contribution in [-0.4, -0.2) is 24.5 Å². The predicted molar refractivity (Wildman–Crippen MR) is 81.7 cm³/mol. The van der Waals surface area contributed by atoms with Gasteiger partial charge in [0.15, 0.2) is 0 Å². The molecule has 1 atom stereocenters. The van der Waals surface area contributed by atoms with Gasteiger partial charge in [-0.1, -0.05) is 44.2 Å². The van der Waals surface area contributed by atoms with Gasteiger partial charge in [-0.2, -0.15) is 0 Å². The Hall–Kier alpha value is -2.04. The highest BCUT2D eigenvalue weighted by Gasteiger charge is 2.44. The maximum absolute atomic E-state index is 12.2. The molecule has 5 heteroatoms. The van der Waals surface area contributed by atoms with Crippen molar-refractivity contribution in [3.63, 3.8) is 0 Å². The zero-order valence-corrected chi connectivity index (χ0v) is 12.6. The lowest BCUT2D eigenvalue weighted by molar-refractivity contribution is -0.124. The first-order valence-electron chi connectivity index (χ1n) is 7.34. The molecule has 0 heterocycles. The van der Waals surface area contributed by atoms with Gasteiger partial charge in [0, 0.05) is 12.0 Å². The molecule has 114 valence electrons. The van der Waals surface area contributed by atoms with E-state index in [2.05, 4.69) is 22.8 Å². The Morgan fingerprint density at radius 2 is 1.86 bits per heavy atom. The summed E-state index contributed by atoms with van der Waals surface area (Å²) in [6.45, 7) is 4.36. The van der Waals surface area contributed by atoms with Crippen LogP contribution < -0.4 is 16.4 Å². The molecule has 3 amide bonds. The maximum atomic E-state index is 12.2. The highest BCUT2D eigenvalue weighted by atomic mass is 16.2. The first-order valence-corrected chi connectivity index (χ1v) is 7.34. The van der Waals surface area contributed by atoms with Gasteiger partial charge in [0.2, 0.25) is 5.91 Å². The van der Waals surface area contributed by atoms with Crippen LogP contribution in [0.5, 0.6) is 0 Å². The lowest BCUT2D eigenvalue weighted by Crippen LogP contribution is -2.52. The summed E-state index contributed by atoms with van der Waals surface area (Å²) in [5.74, 6) is -0.185. The quantitative estimate of drug-likeness (QED) is 0.742. The van der Waals surface area contributed by atoms with E-state index in [-0.39, 0.29) is 17.2 Å². The van der Waals surface area contributed by atoms with E-state index in [1.807, 2.05) is 32.0 Å². The number of hydrogen-bond acceptors (Lipinski definition) is 2. The van der Waals surface area contributed by atoms with Gasteiger partial charge in [-0.3, -0.25) is 4.79 Å². The van der Waals surface area contributed by atoms with Gasteiger partial charge in [-0.25, -0.2) is 4.79 Å². The number of carbonyl (C=O) groups is 2. The molecule has 4 N–H and O–H groups in total. The Morgan fingerprint density at radius 1 is 1.24 bits per heavy atom. The van der Waals surface area contributed by atoms with Crippen molar-refractivity contribution >= 4 is 11.9 Å². The number of amides is 3. The fraction of sp³-hybridized carbons (Fsp3) is 0.500. The van der Waals surface area contributed by atoms with Gasteiger partial charge in [0.05, 0.1) is 0 Å². The molecule has 1 fully saturated rings. The Balaban J connectivity index is 1.96. The second-order valence-corrected chi connectivity index (χ2v) is 6.09. The van der Waals surface area contributed by atoms with E-state index in [1.54, 1.807) is 0 Å². The van der Waals surface area contributed by atoms with Crippen LogP contribution in [0.25, 0.3) is 0 Å². The summed E-state index contributed by atoms with van der Waals surface area (Å²) in [7, 11) is 0. The molecular weight excluding hydrogens is 266 g/mol. The molecule has 0 radical (unpaired) electrons. The molecule has 0 aliphatic heterocycles. The fourth-order valence-corrected chi connectivity index (χ4v) is 2.56. The van der Waals surface area contributed by atoms with Crippen molar-refractivity contribution in [2.24, 2.45) is 11.7 Å². The average molecular weight is 289 g/mol. The van der Waals surface area contributed by atoms with Crippen LogP contribution >= 0.6 is 0 Å².